The fraction of sp³-hybridized carbons (Fsp3) is 0.467. The van der Waals surface area contributed by atoms with Gasteiger partial charge in [0.25, 0.3) is 0 Å². The van der Waals surface area contributed by atoms with E-state index in [4.69, 9.17) is 5.11 Å². The van der Waals surface area contributed by atoms with E-state index in [2.05, 4.69) is 11.8 Å². The van der Waals surface area contributed by atoms with Crippen LogP contribution in [0.15, 0.2) is 24.3 Å². The van der Waals surface area contributed by atoms with E-state index < -0.39 is 10.0 Å². The highest BCUT2D eigenvalue weighted by Crippen LogP contribution is 2.13. The molecule has 1 aromatic rings. The molecule has 0 atom stereocenters. The molecule has 0 aliphatic carbocycles. The molecule has 0 saturated heterocycles. The summed E-state index contributed by atoms with van der Waals surface area (Å²) in [7, 11) is -1.62. The lowest BCUT2D eigenvalue weighted by molar-refractivity contribution is 0.305. The van der Waals surface area contributed by atoms with Crippen molar-refractivity contribution in [2.24, 2.45) is 0 Å². The standard InChI is InChI=1S/C15H21NO3S/c1-3-12-20(18,19)16(2)13-15-10-5-4-8-14(15)9-6-7-11-17/h4-5,8,10,17H,3,7,11-13H2,1-2H3. The minimum absolute atomic E-state index is 0.0277. The summed E-state index contributed by atoms with van der Waals surface area (Å²) in [5.74, 6) is 5.99. The first kappa shape index (κ1) is 16.7. The van der Waals surface area contributed by atoms with E-state index in [1.807, 2.05) is 31.2 Å². The number of nitrogens with zero attached hydrogens (tertiary/aromatic N) is 1. The van der Waals surface area contributed by atoms with Crippen LogP contribution in [0.4, 0.5) is 0 Å². The van der Waals surface area contributed by atoms with Gasteiger partial charge in [-0.1, -0.05) is 37.0 Å². The van der Waals surface area contributed by atoms with E-state index >= 15 is 0 Å². The molecule has 0 saturated carbocycles. The summed E-state index contributed by atoms with van der Waals surface area (Å²) in [6.45, 7) is 2.19. The smallest absolute Gasteiger partial charge is 0.214 e. The van der Waals surface area contributed by atoms with Crippen LogP contribution in [0.2, 0.25) is 0 Å². The van der Waals surface area contributed by atoms with Crippen molar-refractivity contribution in [3.8, 4) is 11.8 Å². The second-order valence-electron chi connectivity index (χ2n) is 4.50. The molecule has 1 rings (SSSR count). The maximum Gasteiger partial charge on any atom is 0.214 e. The van der Waals surface area contributed by atoms with Crippen molar-refractivity contribution in [2.45, 2.75) is 26.3 Å². The van der Waals surface area contributed by atoms with Crippen LogP contribution in [0, 0.1) is 11.8 Å². The van der Waals surface area contributed by atoms with Gasteiger partial charge in [-0.05, 0) is 18.1 Å². The first-order chi connectivity index (χ1) is 9.51. The van der Waals surface area contributed by atoms with Crippen LogP contribution in [0.5, 0.6) is 0 Å². The Labute approximate surface area is 121 Å². The Bertz CT molecular complexity index is 585. The van der Waals surface area contributed by atoms with Crippen LogP contribution in [0.25, 0.3) is 0 Å². The molecule has 1 aromatic carbocycles. The third kappa shape index (κ3) is 4.97. The molecule has 0 aromatic heterocycles. The van der Waals surface area contributed by atoms with Gasteiger partial charge < -0.3 is 5.11 Å². The lowest BCUT2D eigenvalue weighted by Gasteiger charge is -2.17. The van der Waals surface area contributed by atoms with Crippen molar-refractivity contribution in [3.63, 3.8) is 0 Å². The third-order valence-electron chi connectivity index (χ3n) is 2.81. The zero-order valence-corrected chi connectivity index (χ0v) is 12.8. The molecule has 0 bridgehead atoms. The number of sulfonamides is 1. The predicted octanol–water partition coefficient (Wildman–Crippen LogP) is 1.59. The average molecular weight is 295 g/mol. The Morgan fingerprint density at radius 2 is 2.00 bits per heavy atom. The second kappa shape index (κ2) is 8.05. The highest BCUT2D eigenvalue weighted by atomic mass is 32.2. The summed E-state index contributed by atoms with van der Waals surface area (Å²) in [4.78, 5) is 0. The molecule has 0 heterocycles. The zero-order chi connectivity index (χ0) is 15.0. The van der Waals surface area contributed by atoms with Gasteiger partial charge in [0.2, 0.25) is 10.0 Å². The molecular formula is C15H21NO3S. The molecule has 0 aliphatic rings. The van der Waals surface area contributed by atoms with E-state index in [0.29, 0.717) is 19.4 Å². The number of hydrogen-bond acceptors (Lipinski definition) is 3. The monoisotopic (exact) mass is 295 g/mol. The van der Waals surface area contributed by atoms with Gasteiger partial charge >= 0.3 is 0 Å². The molecule has 0 radical (unpaired) electrons. The van der Waals surface area contributed by atoms with Crippen molar-refractivity contribution in [1.29, 1.82) is 0 Å². The van der Waals surface area contributed by atoms with Crippen molar-refractivity contribution in [3.05, 3.63) is 35.4 Å². The van der Waals surface area contributed by atoms with Crippen molar-refractivity contribution in [2.75, 3.05) is 19.4 Å². The Hall–Kier alpha value is -1.35. The highest BCUT2D eigenvalue weighted by Gasteiger charge is 2.17. The van der Waals surface area contributed by atoms with Crippen LogP contribution in [0.1, 0.15) is 30.9 Å². The maximum atomic E-state index is 12.0. The van der Waals surface area contributed by atoms with E-state index in [0.717, 1.165) is 11.1 Å². The Morgan fingerprint density at radius 1 is 1.30 bits per heavy atom. The molecule has 0 amide bonds. The lowest BCUT2D eigenvalue weighted by Crippen LogP contribution is -2.28. The Morgan fingerprint density at radius 3 is 2.65 bits per heavy atom. The number of benzene rings is 1. The number of hydrogen-bond donors (Lipinski definition) is 1. The van der Waals surface area contributed by atoms with Gasteiger partial charge in [0, 0.05) is 25.6 Å². The van der Waals surface area contributed by atoms with Gasteiger partial charge in [0.15, 0.2) is 0 Å². The van der Waals surface area contributed by atoms with Crippen molar-refractivity contribution in [1.82, 2.24) is 4.31 Å². The topological polar surface area (TPSA) is 57.6 Å². The van der Waals surface area contributed by atoms with E-state index in [1.54, 1.807) is 7.05 Å². The van der Waals surface area contributed by atoms with E-state index in [1.165, 1.54) is 4.31 Å². The predicted molar refractivity (Wildman–Crippen MR) is 80.6 cm³/mol. The van der Waals surface area contributed by atoms with Gasteiger partial charge in [-0.2, -0.15) is 0 Å². The molecular weight excluding hydrogens is 274 g/mol. The van der Waals surface area contributed by atoms with Crippen LogP contribution < -0.4 is 0 Å². The van der Waals surface area contributed by atoms with Gasteiger partial charge in [-0.25, -0.2) is 12.7 Å². The van der Waals surface area contributed by atoms with Gasteiger partial charge in [-0.15, -0.1) is 0 Å². The molecule has 0 aliphatic heterocycles. The molecule has 0 fully saturated rings. The molecule has 0 spiro atoms. The SMILES string of the molecule is CCCS(=O)(=O)N(C)Cc1ccccc1C#CCCO. The van der Waals surface area contributed by atoms with Crippen LogP contribution >= 0.6 is 0 Å². The summed E-state index contributed by atoms with van der Waals surface area (Å²) >= 11 is 0. The highest BCUT2D eigenvalue weighted by molar-refractivity contribution is 7.89. The first-order valence-electron chi connectivity index (χ1n) is 6.63. The first-order valence-corrected chi connectivity index (χ1v) is 8.23. The Balaban J connectivity index is 2.91. The summed E-state index contributed by atoms with van der Waals surface area (Å²) in [6, 6.07) is 7.47. The quantitative estimate of drug-likeness (QED) is 0.811. The van der Waals surface area contributed by atoms with E-state index in [-0.39, 0.29) is 12.4 Å². The van der Waals surface area contributed by atoms with Crippen LogP contribution in [-0.2, 0) is 16.6 Å². The maximum absolute atomic E-state index is 12.0. The second-order valence-corrected chi connectivity index (χ2v) is 6.70. The molecule has 20 heavy (non-hydrogen) atoms. The molecule has 0 unspecified atom stereocenters. The number of aliphatic hydroxyl groups is 1. The Kier molecular flexibility index (Phi) is 6.73. The summed E-state index contributed by atoms with van der Waals surface area (Å²) in [5.41, 5.74) is 1.68. The minimum atomic E-state index is -3.21. The molecule has 1 N–H and O–H groups in total. The molecule has 5 heteroatoms. The normalized spacial score (nSPS) is 11.2. The van der Waals surface area contributed by atoms with E-state index in [9.17, 15) is 8.42 Å². The summed E-state index contributed by atoms with van der Waals surface area (Å²) in [6.07, 6.45) is 1.02. The van der Waals surface area contributed by atoms with Crippen molar-refractivity contribution >= 4 is 10.0 Å². The third-order valence-corrected chi connectivity index (χ3v) is 4.81. The summed E-state index contributed by atoms with van der Waals surface area (Å²) in [5, 5.41) is 8.73. The summed E-state index contributed by atoms with van der Waals surface area (Å²) < 4.78 is 25.3. The fourth-order valence-corrected chi connectivity index (χ4v) is 2.91. The molecule has 4 nitrogen and oxygen atoms in total. The molecule has 110 valence electrons. The van der Waals surface area contributed by atoms with Gasteiger partial charge in [0.1, 0.15) is 0 Å². The van der Waals surface area contributed by atoms with Gasteiger partial charge in [-0.3, -0.25) is 0 Å². The average Bonchev–Trinajstić information content (AvgIpc) is 2.41. The van der Waals surface area contributed by atoms with Gasteiger partial charge in [0.05, 0.1) is 12.4 Å². The number of aliphatic hydroxyl groups excluding tert-OH is 1. The zero-order valence-electron chi connectivity index (χ0n) is 12.0. The fourth-order valence-electron chi connectivity index (χ4n) is 1.75. The van der Waals surface area contributed by atoms with Crippen molar-refractivity contribution < 1.29 is 13.5 Å². The van der Waals surface area contributed by atoms with Crippen LogP contribution in [0.3, 0.4) is 0 Å². The number of rotatable bonds is 6. The minimum Gasteiger partial charge on any atom is -0.395 e. The van der Waals surface area contributed by atoms with Crippen LogP contribution in [-0.4, -0.2) is 37.2 Å². The lowest BCUT2D eigenvalue weighted by atomic mass is 10.1. The largest absolute Gasteiger partial charge is 0.395 e.